The Kier molecular flexibility index (Phi) is 3.87. The second kappa shape index (κ2) is 5.58. The van der Waals surface area contributed by atoms with E-state index in [9.17, 15) is 10.1 Å². The van der Waals surface area contributed by atoms with Crippen molar-refractivity contribution in [2.45, 2.75) is 6.61 Å². The molecule has 2 rings (SSSR count). The quantitative estimate of drug-likeness (QED) is 0.528. The summed E-state index contributed by atoms with van der Waals surface area (Å²) in [4.78, 5) is 10.1. The van der Waals surface area contributed by atoms with Gasteiger partial charge in [-0.25, -0.2) is 0 Å². The standard InChI is InChI=1S/C13H11ClN2O3/c14-13-7-11(16(17)18)4-1-9(13)8-19-12-5-2-10(15)3-6-12/h1-7H,8,15H2. The maximum absolute atomic E-state index is 10.6. The minimum absolute atomic E-state index is 0.0405. The van der Waals surface area contributed by atoms with Crippen molar-refractivity contribution >= 4 is 23.0 Å². The molecular weight excluding hydrogens is 268 g/mol. The first kappa shape index (κ1) is 13.2. The third-order valence-electron chi connectivity index (χ3n) is 2.52. The Morgan fingerprint density at radius 1 is 1.21 bits per heavy atom. The molecule has 2 aromatic rings. The zero-order valence-electron chi connectivity index (χ0n) is 9.88. The highest BCUT2D eigenvalue weighted by molar-refractivity contribution is 6.31. The number of nitro benzene ring substituents is 1. The van der Waals surface area contributed by atoms with Crippen LogP contribution in [0, 0.1) is 10.1 Å². The molecule has 0 atom stereocenters. The largest absolute Gasteiger partial charge is 0.489 e. The lowest BCUT2D eigenvalue weighted by atomic mass is 10.2. The van der Waals surface area contributed by atoms with E-state index in [0.717, 1.165) is 0 Å². The predicted octanol–water partition coefficient (Wildman–Crippen LogP) is 3.41. The number of anilines is 1. The molecule has 0 saturated heterocycles. The summed E-state index contributed by atoms with van der Waals surface area (Å²) in [5.41, 5.74) is 6.86. The lowest BCUT2D eigenvalue weighted by Crippen LogP contribution is -1.97. The fourth-order valence-electron chi connectivity index (χ4n) is 1.49. The normalized spacial score (nSPS) is 10.2. The summed E-state index contributed by atoms with van der Waals surface area (Å²) in [5, 5.41) is 10.9. The summed E-state index contributed by atoms with van der Waals surface area (Å²) in [6.07, 6.45) is 0. The molecular formula is C13H11ClN2O3. The Bertz CT molecular complexity index is 599. The number of benzene rings is 2. The van der Waals surface area contributed by atoms with Crippen molar-refractivity contribution in [3.63, 3.8) is 0 Å². The molecule has 98 valence electrons. The van der Waals surface area contributed by atoms with Crippen molar-refractivity contribution in [3.8, 4) is 5.75 Å². The van der Waals surface area contributed by atoms with Crippen LogP contribution in [0.3, 0.4) is 0 Å². The minimum atomic E-state index is -0.490. The van der Waals surface area contributed by atoms with Gasteiger partial charge in [0, 0.05) is 23.4 Å². The molecule has 0 aliphatic carbocycles. The van der Waals surface area contributed by atoms with Gasteiger partial charge in [-0.2, -0.15) is 0 Å². The molecule has 0 aliphatic heterocycles. The summed E-state index contributed by atoms with van der Waals surface area (Å²) in [5.74, 6) is 0.656. The van der Waals surface area contributed by atoms with Gasteiger partial charge in [-0.15, -0.1) is 0 Å². The number of nitrogens with two attached hydrogens (primary N) is 1. The van der Waals surface area contributed by atoms with Crippen molar-refractivity contribution in [1.29, 1.82) is 0 Å². The second-order valence-corrected chi connectivity index (χ2v) is 4.30. The number of nitro groups is 1. The van der Waals surface area contributed by atoms with Gasteiger partial charge in [0.05, 0.1) is 9.95 Å². The van der Waals surface area contributed by atoms with E-state index in [1.54, 1.807) is 30.3 Å². The molecule has 0 fully saturated rings. The first-order valence-corrected chi connectivity index (χ1v) is 5.85. The summed E-state index contributed by atoms with van der Waals surface area (Å²) >= 11 is 5.96. The molecule has 2 aromatic carbocycles. The van der Waals surface area contributed by atoms with Gasteiger partial charge in [-0.1, -0.05) is 11.6 Å². The molecule has 0 aromatic heterocycles. The van der Waals surface area contributed by atoms with E-state index in [4.69, 9.17) is 22.1 Å². The number of nitrogen functional groups attached to an aromatic ring is 1. The average Bonchev–Trinajstić information content (AvgIpc) is 2.39. The van der Waals surface area contributed by atoms with Crippen LogP contribution in [-0.4, -0.2) is 4.92 Å². The molecule has 0 saturated carbocycles. The topological polar surface area (TPSA) is 78.4 Å². The molecule has 6 heteroatoms. The van der Waals surface area contributed by atoms with Gasteiger partial charge in [0.1, 0.15) is 12.4 Å². The number of rotatable bonds is 4. The van der Waals surface area contributed by atoms with Gasteiger partial charge in [-0.05, 0) is 30.3 Å². The van der Waals surface area contributed by atoms with E-state index in [0.29, 0.717) is 22.0 Å². The van der Waals surface area contributed by atoms with Crippen LogP contribution in [0.2, 0.25) is 5.02 Å². The average molecular weight is 279 g/mol. The molecule has 0 bridgehead atoms. The molecule has 0 spiro atoms. The van der Waals surface area contributed by atoms with E-state index in [1.165, 1.54) is 12.1 Å². The fraction of sp³-hybridized carbons (Fsp3) is 0.0769. The molecule has 0 heterocycles. The van der Waals surface area contributed by atoms with Gasteiger partial charge in [0.25, 0.3) is 5.69 Å². The highest BCUT2D eigenvalue weighted by Crippen LogP contribution is 2.24. The zero-order valence-corrected chi connectivity index (χ0v) is 10.6. The Hall–Kier alpha value is -2.27. The van der Waals surface area contributed by atoms with E-state index >= 15 is 0 Å². The van der Waals surface area contributed by atoms with Crippen molar-refractivity contribution in [1.82, 2.24) is 0 Å². The van der Waals surface area contributed by atoms with Crippen LogP contribution in [0.1, 0.15) is 5.56 Å². The Balaban J connectivity index is 2.07. The number of halogens is 1. The fourth-order valence-corrected chi connectivity index (χ4v) is 1.72. The van der Waals surface area contributed by atoms with Gasteiger partial charge >= 0.3 is 0 Å². The molecule has 19 heavy (non-hydrogen) atoms. The van der Waals surface area contributed by atoms with Crippen molar-refractivity contribution < 1.29 is 9.66 Å². The maximum atomic E-state index is 10.6. The molecule has 0 amide bonds. The molecule has 0 unspecified atom stereocenters. The monoisotopic (exact) mass is 278 g/mol. The maximum Gasteiger partial charge on any atom is 0.270 e. The summed E-state index contributed by atoms with van der Waals surface area (Å²) in [6.45, 7) is 0.237. The summed E-state index contributed by atoms with van der Waals surface area (Å²) in [7, 11) is 0. The SMILES string of the molecule is Nc1ccc(OCc2ccc([N+](=O)[O-])cc2Cl)cc1. The number of non-ortho nitro benzene ring substituents is 1. The Morgan fingerprint density at radius 3 is 2.47 bits per heavy atom. The van der Waals surface area contributed by atoms with Gasteiger partial charge in [-0.3, -0.25) is 10.1 Å². The summed E-state index contributed by atoms with van der Waals surface area (Å²) in [6, 6.07) is 11.2. The van der Waals surface area contributed by atoms with Gasteiger partial charge in [0.2, 0.25) is 0 Å². The molecule has 2 N–H and O–H groups in total. The van der Waals surface area contributed by atoms with Crippen LogP contribution >= 0.6 is 11.6 Å². The van der Waals surface area contributed by atoms with Crippen LogP contribution in [-0.2, 0) is 6.61 Å². The van der Waals surface area contributed by atoms with Crippen molar-refractivity contribution in [2.24, 2.45) is 0 Å². The van der Waals surface area contributed by atoms with Crippen LogP contribution in [0.5, 0.6) is 5.75 Å². The minimum Gasteiger partial charge on any atom is -0.489 e. The van der Waals surface area contributed by atoms with Crippen molar-refractivity contribution in [3.05, 3.63) is 63.2 Å². The number of ether oxygens (including phenoxy) is 1. The summed E-state index contributed by atoms with van der Waals surface area (Å²) < 4.78 is 5.52. The van der Waals surface area contributed by atoms with Crippen LogP contribution in [0.25, 0.3) is 0 Å². The van der Waals surface area contributed by atoms with E-state index in [-0.39, 0.29) is 12.3 Å². The predicted molar refractivity (Wildman–Crippen MR) is 73.3 cm³/mol. The number of hydrogen-bond acceptors (Lipinski definition) is 4. The van der Waals surface area contributed by atoms with Crippen LogP contribution in [0.15, 0.2) is 42.5 Å². The highest BCUT2D eigenvalue weighted by atomic mass is 35.5. The highest BCUT2D eigenvalue weighted by Gasteiger charge is 2.09. The van der Waals surface area contributed by atoms with Gasteiger partial charge in [0.15, 0.2) is 0 Å². The first-order valence-electron chi connectivity index (χ1n) is 5.47. The second-order valence-electron chi connectivity index (χ2n) is 3.89. The molecule has 5 nitrogen and oxygen atoms in total. The van der Waals surface area contributed by atoms with Crippen LogP contribution < -0.4 is 10.5 Å². The third kappa shape index (κ3) is 3.35. The van der Waals surface area contributed by atoms with E-state index < -0.39 is 4.92 Å². The number of nitrogens with zero attached hydrogens (tertiary/aromatic N) is 1. The van der Waals surface area contributed by atoms with E-state index in [1.807, 2.05) is 0 Å². The Morgan fingerprint density at radius 2 is 1.89 bits per heavy atom. The van der Waals surface area contributed by atoms with Gasteiger partial charge < -0.3 is 10.5 Å². The molecule has 0 aliphatic rings. The Labute approximate surface area is 114 Å². The van der Waals surface area contributed by atoms with E-state index in [2.05, 4.69) is 0 Å². The lowest BCUT2D eigenvalue weighted by molar-refractivity contribution is -0.384. The lowest BCUT2D eigenvalue weighted by Gasteiger charge is -2.07. The smallest absolute Gasteiger partial charge is 0.270 e. The first-order chi connectivity index (χ1) is 9.06. The van der Waals surface area contributed by atoms with Crippen LogP contribution in [0.4, 0.5) is 11.4 Å². The zero-order chi connectivity index (χ0) is 13.8. The number of hydrogen-bond donors (Lipinski definition) is 1. The third-order valence-corrected chi connectivity index (χ3v) is 2.87. The van der Waals surface area contributed by atoms with Crippen molar-refractivity contribution in [2.75, 3.05) is 5.73 Å². The molecule has 0 radical (unpaired) electrons.